The van der Waals surface area contributed by atoms with Crippen molar-refractivity contribution in [1.29, 1.82) is 0 Å². The van der Waals surface area contributed by atoms with E-state index in [-0.39, 0.29) is 5.75 Å². The maximum absolute atomic E-state index is 9.52. The Morgan fingerprint density at radius 3 is 2.29 bits per heavy atom. The molecule has 1 saturated carbocycles. The SMILES string of the molecule is CC1[CH-]CC(C(C)C)CC1.Cc1ccc(C=Nc2ccccc2O)cc1.[Cl][Ru+]. The Morgan fingerprint density at radius 1 is 1.11 bits per heavy atom. The van der Waals surface area contributed by atoms with Gasteiger partial charge in [0, 0.05) is 6.21 Å². The van der Waals surface area contributed by atoms with Crippen molar-refractivity contribution in [3.63, 3.8) is 0 Å². The van der Waals surface area contributed by atoms with E-state index >= 15 is 0 Å². The Balaban J connectivity index is 0.000000281. The molecule has 1 aliphatic rings. The van der Waals surface area contributed by atoms with Gasteiger partial charge in [0.1, 0.15) is 11.4 Å². The van der Waals surface area contributed by atoms with Gasteiger partial charge in [0.05, 0.1) is 0 Å². The van der Waals surface area contributed by atoms with Gasteiger partial charge in [-0.3, -0.25) is 4.99 Å². The number of para-hydroxylation sites is 2. The second-order valence-corrected chi connectivity index (χ2v) is 7.69. The van der Waals surface area contributed by atoms with Crippen LogP contribution in [0.5, 0.6) is 5.75 Å². The Labute approximate surface area is 185 Å². The van der Waals surface area contributed by atoms with E-state index in [1.54, 1.807) is 24.4 Å². The van der Waals surface area contributed by atoms with Crippen LogP contribution in [0.4, 0.5) is 5.69 Å². The molecule has 154 valence electrons. The first kappa shape index (κ1) is 24.9. The summed E-state index contributed by atoms with van der Waals surface area (Å²) in [6.07, 6.45) is 8.47. The molecule has 0 saturated heterocycles. The van der Waals surface area contributed by atoms with E-state index in [0.29, 0.717) is 5.69 Å². The number of aryl methyl sites for hydroxylation is 1. The number of halogens is 1. The molecule has 2 aromatic carbocycles. The first-order valence-corrected chi connectivity index (χ1v) is 12.0. The third-order valence-electron chi connectivity index (χ3n) is 5.09. The van der Waals surface area contributed by atoms with Crippen molar-refractivity contribution in [2.75, 3.05) is 0 Å². The van der Waals surface area contributed by atoms with Crippen LogP contribution in [0.2, 0.25) is 0 Å². The van der Waals surface area contributed by atoms with Crippen LogP contribution in [-0.2, 0) is 17.3 Å². The summed E-state index contributed by atoms with van der Waals surface area (Å²) in [6, 6.07) is 15.1. The molecule has 0 heterocycles. The van der Waals surface area contributed by atoms with Crippen molar-refractivity contribution in [3.8, 4) is 5.75 Å². The minimum absolute atomic E-state index is 0.200. The Bertz CT molecular complexity index is 692. The fraction of sp³-hybridized carbons (Fsp3) is 0.417. The third kappa shape index (κ3) is 9.35. The normalized spacial score (nSPS) is 18.8. The summed E-state index contributed by atoms with van der Waals surface area (Å²) in [5.41, 5.74) is 2.83. The van der Waals surface area contributed by atoms with Crippen LogP contribution >= 0.6 is 9.69 Å². The minimum atomic E-state index is 0.200. The third-order valence-corrected chi connectivity index (χ3v) is 5.09. The number of rotatable bonds is 3. The predicted molar refractivity (Wildman–Crippen MR) is 118 cm³/mol. The molecule has 0 aliphatic heterocycles. The second-order valence-electron chi connectivity index (χ2n) is 7.69. The topological polar surface area (TPSA) is 32.6 Å². The van der Waals surface area contributed by atoms with Crippen LogP contribution in [0, 0.1) is 31.1 Å². The molecule has 0 spiro atoms. The van der Waals surface area contributed by atoms with E-state index in [1.165, 1.54) is 24.8 Å². The fourth-order valence-corrected chi connectivity index (χ4v) is 3.10. The predicted octanol–water partition coefficient (Wildman–Crippen LogP) is 7.42. The van der Waals surface area contributed by atoms with E-state index in [2.05, 4.69) is 41.9 Å². The summed E-state index contributed by atoms with van der Waals surface area (Å²) in [4.78, 5) is 4.23. The molecule has 28 heavy (non-hydrogen) atoms. The van der Waals surface area contributed by atoms with Gasteiger partial charge in [0.2, 0.25) is 0 Å². The summed E-state index contributed by atoms with van der Waals surface area (Å²) < 4.78 is 0. The molecule has 1 N–H and O–H groups in total. The summed E-state index contributed by atoms with van der Waals surface area (Å²) in [5, 5.41) is 9.52. The molecule has 4 heteroatoms. The number of benzene rings is 2. The number of phenolic OH excluding ortho intramolecular Hbond substituents is 1. The van der Waals surface area contributed by atoms with E-state index in [0.717, 1.165) is 23.3 Å². The van der Waals surface area contributed by atoms with Crippen LogP contribution in [0.25, 0.3) is 0 Å². The zero-order valence-electron chi connectivity index (χ0n) is 17.3. The quantitative estimate of drug-likeness (QED) is 0.273. The standard InChI is InChI=1S/C14H13NO.C10H19.ClH.Ru/c1-11-6-8-12(9-7-11)10-15-13-4-2-3-5-14(13)16;1-8(2)10-6-4-9(3)5-7-10;;/h2-10,16H,1H3;4,8-10H,5-7H2,1-3H3;1H;/q;-1;;+2/p-1. The van der Waals surface area contributed by atoms with Crippen molar-refractivity contribution in [2.45, 2.75) is 47.0 Å². The zero-order chi connectivity index (χ0) is 20.9. The van der Waals surface area contributed by atoms with Crippen LogP contribution < -0.4 is 0 Å². The average molecular weight is 487 g/mol. The first-order chi connectivity index (χ1) is 13.5. The maximum atomic E-state index is 9.52. The molecule has 0 amide bonds. The van der Waals surface area contributed by atoms with Crippen molar-refractivity contribution >= 4 is 21.6 Å². The molecule has 2 aromatic rings. The molecule has 1 fully saturated rings. The van der Waals surface area contributed by atoms with Crippen LogP contribution in [0.1, 0.15) is 51.2 Å². The molecular formula is C24H32ClNORu. The van der Waals surface area contributed by atoms with E-state index in [9.17, 15) is 5.11 Å². The van der Waals surface area contributed by atoms with Gasteiger partial charge < -0.3 is 11.5 Å². The Kier molecular flexibility index (Phi) is 12.3. The Morgan fingerprint density at radius 2 is 1.75 bits per heavy atom. The molecule has 3 rings (SSSR count). The Hall–Kier alpha value is -1.18. The number of aromatic hydroxyl groups is 1. The first-order valence-electron chi connectivity index (χ1n) is 9.81. The molecule has 0 aromatic heterocycles. The van der Waals surface area contributed by atoms with Gasteiger partial charge in [-0.15, -0.1) is 0 Å². The number of phenols is 1. The zero-order valence-corrected chi connectivity index (χ0v) is 19.7. The molecule has 0 bridgehead atoms. The van der Waals surface area contributed by atoms with Gasteiger partial charge in [-0.1, -0.05) is 81.5 Å². The fourth-order valence-electron chi connectivity index (χ4n) is 3.10. The van der Waals surface area contributed by atoms with Gasteiger partial charge in [0.15, 0.2) is 0 Å². The number of aliphatic imine (C=N–C) groups is 1. The van der Waals surface area contributed by atoms with Crippen LogP contribution in [0.3, 0.4) is 0 Å². The summed E-state index contributed by atoms with van der Waals surface area (Å²) in [6.45, 7) is 9.06. The van der Waals surface area contributed by atoms with E-state index in [4.69, 9.17) is 0 Å². The molecule has 2 unspecified atom stereocenters. The summed E-state index contributed by atoms with van der Waals surface area (Å²) in [5.74, 6) is 2.96. The molecule has 2 nitrogen and oxygen atoms in total. The average Bonchev–Trinajstić information content (AvgIpc) is 2.71. The van der Waals surface area contributed by atoms with Crippen LogP contribution in [0.15, 0.2) is 53.5 Å². The monoisotopic (exact) mass is 487 g/mol. The van der Waals surface area contributed by atoms with E-state index < -0.39 is 0 Å². The molecular weight excluding hydrogens is 455 g/mol. The molecule has 1 aliphatic carbocycles. The van der Waals surface area contributed by atoms with Crippen LogP contribution in [-0.4, -0.2) is 11.3 Å². The summed E-state index contributed by atoms with van der Waals surface area (Å²) >= 11 is 1.82. The van der Waals surface area contributed by atoms with Gasteiger partial charge >= 0.3 is 27.0 Å². The van der Waals surface area contributed by atoms with Crippen molar-refractivity contribution in [3.05, 3.63) is 66.1 Å². The van der Waals surface area contributed by atoms with Crippen molar-refractivity contribution in [2.24, 2.45) is 22.7 Å². The van der Waals surface area contributed by atoms with E-state index in [1.807, 2.05) is 54.6 Å². The van der Waals surface area contributed by atoms with Crippen molar-refractivity contribution in [1.82, 2.24) is 0 Å². The second kappa shape index (κ2) is 13.9. The van der Waals surface area contributed by atoms with Gasteiger partial charge in [-0.25, -0.2) is 0 Å². The molecule has 2 atom stereocenters. The van der Waals surface area contributed by atoms with Gasteiger partial charge in [0.25, 0.3) is 0 Å². The summed E-state index contributed by atoms with van der Waals surface area (Å²) in [7, 11) is 4.57. The number of hydrogen-bond acceptors (Lipinski definition) is 2. The van der Waals surface area contributed by atoms with Crippen molar-refractivity contribution < 1.29 is 22.4 Å². The number of hydrogen-bond donors (Lipinski definition) is 1. The number of nitrogens with zero attached hydrogens (tertiary/aromatic N) is 1. The van der Waals surface area contributed by atoms with Gasteiger partial charge in [-0.05, 0) is 30.5 Å². The van der Waals surface area contributed by atoms with Gasteiger partial charge in [-0.2, -0.15) is 12.3 Å². The molecule has 0 radical (unpaired) electrons.